The summed E-state index contributed by atoms with van der Waals surface area (Å²) in [4.78, 5) is 30.7. The maximum Gasteiger partial charge on any atom is 0.258 e. The molecule has 2 N–H and O–H groups in total. The molecule has 0 radical (unpaired) electrons. The van der Waals surface area contributed by atoms with Crippen LogP contribution in [0.15, 0.2) is 79.0 Å². The molecule has 2 amide bonds. The molecule has 4 rings (SSSR count). The third kappa shape index (κ3) is 7.61. The van der Waals surface area contributed by atoms with Crippen LogP contribution in [0, 0.1) is 0 Å². The van der Waals surface area contributed by atoms with Gasteiger partial charge in [0.25, 0.3) is 5.91 Å². The number of benzene rings is 3. The number of hydrogen-bond donors (Lipinski definition) is 2. The lowest BCUT2D eigenvalue weighted by Crippen LogP contribution is -2.47. The lowest BCUT2D eigenvalue weighted by Gasteiger charge is -2.28. The fourth-order valence-corrected chi connectivity index (χ4v) is 4.60. The summed E-state index contributed by atoms with van der Waals surface area (Å²) >= 11 is 0. The molecule has 0 bridgehead atoms. The van der Waals surface area contributed by atoms with E-state index in [4.69, 9.17) is 14.2 Å². The average Bonchev–Trinajstić information content (AvgIpc) is 3.35. The van der Waals surface area contributed by atoms with Gasteiger partial charge in [0.1, 0.15) is 11.5 Å². The molecule has 0 saturated carbocycles. The van der Waals surface area contributed by atoms with Crippen molar-refractivity contribution in [3.05, 3.63) is 95.7 Å². The van der Waals surface area contributed by atoms with Crippen LogP contribution >= 0.6 is 0 Å². The number of fused-ring (bicyclic) bond motifs is 1. The van der Waals surface area contributed by atoms with Gasteiger partial charge in [-0.3, -0.25) is 9.59 Å². The third-order valence-electron chi connectivity index (χ3n) is 6.55. The quantitative estimate of drug-likeness (QED) is 0.260. The predicted molar refractivity (Wildman–Crippen MR) is 153 cm³/mol. The normalized spacial score (nSPS) is 11.7. The fourth-order valence-electron chi connectivity index (χ4n) is 4.60. The van der Waals surface area contributed by atoms with Gasteiger partial charge in [0, 0.05) is 51.2 Å². The van der Waals surface area contributed by atoms with Crippen LogP contribution in [0.1, 0.15) is 25.0 Å². The maximum atomic E-state index is 13.0. The Morgan fingerprint density at radius 1 is 0.974 bits per heavy atom. The molecule has 1 heterocycles. The number of methoxy groups -OCH3 is 2. The molecule has 3 aromatic carbocycles. The van der Waals surface area contributed by atoms with Crippen LogP contribution in [0.4, 0.5) is 0 Å². The summed E-state index contributed by atoms with van der Waals surface area (Å²) in [5, 5.41) is 4.19. The number of ether oxygens (including phenoxy) is 3. The first-order valence-electron chi connectivity index (χ1n) is 12.9. The first-order valence-corrected chi connectivity index (χ1v) is 12.9. The van der Waals surface area contributed by atoms with Crippen LogP contribution in [0.2, 0.25) is 0 Å². The molecule has 206 valence electrons. The molecule has 1 unspecified atom stereocenters. The van der Waals surface area contributed by atoms with Crippen molar-refractivity contribution in [2.75, 3.05) is 27.4 Å². The number of amides is 2. The van der Waals surface area contributed by atoms with Crippen LogP contribution in [0.3, 0.4) is 0 Å². The molecule has 8 nitrogen and oxygen atoms in total. The van der Waals surface area contributed by atoms with Gasteiger partial charge < -0.3 is 29.4 Å². The largest absolute Gasteiger partial charge is 0.496 e. The second-order valence-corrected chi connectivity index (χ2v) is 9.41. The van der Waals surface area contributed by atoms with Crippen LogP contribution < -0.4 is 14.8 Å². The van der Waals surface area contributed by atoms with Crippen LogP contribution in [-0.2, 0) is 33.9 Å². The molecule has 39 heavy (non-hydrogen) atoms. The van der Waals surface area contributed by atoms with E-state index in [-0.39, 0.29) is 25.9 Å². The van der Waals surface area contributed by atoms with E-state index in [1.807, 2.05) is 79.0 Å². The van der Waals surface area contributed by atoms with Crippen molar-refractivity contribution < 1.29 is 25.2 Å². The van der Waals surface area contributed by atoms with Gasteiger partial charge in [-0.05, 0) is 41.8 Å². The van der Waals surface area contributed by atoms with E-state index in [1.54, 1.807) is 19.1 Å². The van der Waals surface area contributed by atoms with Crippen molar-refractivity contribution in [3.63, 3.8) is 0 Å². The Labute approximate surface area is 230 Å². The number of nitrogens with one attached hydrogen (secondary N) is 2. The first-order chi connectivity index (χ1) is 19.0. The molecule has 1 atom stereocenters. The highest BCUT2D eigenvalue weighted by Gasteiger charge is 2.22. The highest BCUT2D eigenvalue weighted by atomic mass is 16.5. The second-order valence-electron chi connectivity index (χ2n) is 9.41. The second kappa shape index (κ2) is 13.5. The molecule has 0 aliphatic carbocycles. The smallest absolute Gasteiger partial charge is 0.258 e. The molecule has 0 aliphatic heterocycles. The fraction of sp³-hybridized carbons (Fsp3) is 0.290. The predicted octanol–water partition coefficient (Wildman–Crippen LogP) is 4.72. The Bertz CT molecular complexity index is 1390. The van der Waals surface area contributed by atoms with Crippen LogP contribution in [0.5, 0.6) is 11.5 Å². The molecule has 0 saturated heterocycles. The van der Waals surface area contributed by atoms with Gasteiger partial charge in [-0.2, -0.15) is 0 Å². The molecule has 0 fully saturated rings. The number of aromatic nitrogens is 1. The van der Waals surface area contributed by atoms with Gasteiger partial charge in [-0.1, -0.05) is 48.5 Å². The minimum Gasteiger partial charge on any atom is -0.496 e. The minimum absolute atomic E-state index is 0. The average molecular weight is 532 g/mol. The highest BCUT2D eigenvalue weighted by molar-refractivity contribution is 5.83. The van der Waals surface area contributed by atoms with Crippen molar-refractivity contribution in [1.29, 1.82) is 0 Å². The van der Waals surface area contributed by atoms with E-state index in [0.717, 1.165) is 27.6 Å². The Morgan fingerprint density at radius 3 is 2.46 bits per heavy atom. The molecule has 0 spiro atoms. The lowest BCUT2D eigenvalue weighted by atomic mass is 10.0. The summed E-state index contributed by atoms with van der Waals surface area (Å²) in [6.07, 6.45) is 2.50. The zero-order chi connectivity index (χ0) is 27.6. The van der Waals surface area contributed by atoms with Gasteiger partial charge in [0.2, 0.25) is 5.91 Å². The summed E-state index contributed by atoms with van der Waals surface area (Å²) in [5.74, 6) is 0.957. The summed E-state index contributed by atoms with van der Waals surface area (Å²) in [6, 6.07) is 22.7. The SMILES string of the molecule is COCc1ccc(OCC(=O)NC(Cc2c[nH]c3ccccc23)CN(Cc2ccccc2OC)C(C)=O)cc1.[HH]. The van der Waals surface area contributed by atoms with E-state index in [0.29, 0.717) is 37.6 Å². The number of rotatable bonds is 13. The van der Waals surface area contributed by atoms with E-state index in [1.165, 1.54) is 6.92 Å². The topological polar surface area (TPSA) is 92.9 Å². The highest BCUT2D eigenvalue weighted by Crippen LogP contribution is 2.22. The summed E-state index contributed by atoms with van der Waals surface area (Å²) in [5.41, 5.74) is 4.00. The zero-order valence-corrected chi connectivity index (χ0v) is 22.6. The standard InChI is InChI=1S/C31H35N3O5.H2/c1-22(35)34(18-24-8-4-7-11-30(24)38-3)19-26(16-25-17-32-29-10-6-5-9-28(25)29)33-31(36)21-39-27-14-12-23(13-15-27)20-37-2;/h4-15,17,26,32H,16,18-21H2,1-3H3,(H,33,36);1H. The Hall–Kier alpha value is -4.30. The molecular formula is C31H37N3O5. The van der Waals surface area contributed by atoms with Gasteiger partial charge in [-0.15, -0.1) is 0 Å². The number of hydrogen-bond acceptors (Lipinski definition) is 5. The first kappa shape index (κ1) is 27.7. The van der Waals surface area contributed by atoms with Gasteiger partial charge in [0.15, 0.2) is 6.61 Å². The Balaban J connectivity index is 0.00000441. The maximum absolute atomic E-state index is 13.0. The van der Waals surface area contributed by atoms with Gasteiger partial charge >= 0.3 is 0 Å². The number of para-hydroxylation sites is 2. The molecule has 0 aliphatic rings. The van der Waals surface area contributed by atoms with Crippen molar-refractivity contribution >= 4 is 22.7 Å². The number of nitrogens with zero attached hydrogens (tertiary/aromatic N) is 1. The Morgan fingerprint density at radius 2 is 1.72 bits per heavy atom. The minimum atomic E-state index is -0.344. The molecule has 1 aromatic heterocycles. The van der Waals surface area contributed by atoms with Crippen LogP contribution in [-0.4, -0.2) is 55.1 Å². The van der Waals surface area contributed by atoms with Crippen molar-refractivity contribution in [2.45, 2.75) is 32.5 Å². The monoisotopic (exact) mass is 531 g/mol. The Kier molecular flexibility index (Phi) is 9.58. The number of carbonyl (C=O) groups excluding carboxylic acids is 2. The summed E-state index contributed by atoms with van der Waals surface area (Å²) in [6.45, 7) is 2.60. The van der Waals surface area contributed by atoms with Crippen LogP contribution in [0.25, 0.3) is 10.9 Å². The molecule has 4 aromatic rings. The van der Waals surface area contributed by atoms with E-state index >= 15 is 0 Å². The van der Waals surface area contributed by atoms with Crippen molar-refractivity contribution in [2.24, 2.45) is 0 Å². The number of aromatic amines is 1. The van der Waals surface area contributed by atoms with E-state index in [9.17, 15) is 9.59 Å². The van der Waals surface area contributed by atoms with E-state index in [2.05, 4.69) is 10.3 Å². The summed E-state index contributed by atoms with van der Waals surface area (Å²) < 4.78 is 16.4. The lowest BCUT2D eigenvalue weighted by molar-refractivity contribution is -0.131. The molecule has 8 heteroatoms. The van der Waals surface area contributed by atoms with Crippen molar-refractivity contribution in [1.82, 2.24) is 15.2 Å². The van der Waals surface area contributed by atoms with E-state index < -0.39 is 0 Å². The zero-order valence-electron chi connectivity index (χ0n) is 22.6. The van der Waals surface area contributed by atoms with Gasteiger partial charge in [0.05, 0.1) is 19.8 Å². The number of H-pyrrole nitrogens is 1. The van der Waals surface area contributed by atoms with Gasteiger partial charge in [-0.25, -0.2) is 0 Å². The summed E-state index contributed by atoms with van der Waals surface area (Å²) in [7, 11) is 3.26. The molecular weight excluding hydrogens is 494 g/mol. The van der Waals surface area contributed by atoms with Crippen molar-refractivity contribution in [3.8, 4) is 11.5 Å². The third-order valence-corrected chi connectivity index (χ3v) is 6.55. The number of carbonyl (C=O) groups is 2.